The Morgan fingerprint density at radius 3 is 2.67 bits per heavy atom. The zero-order valence-electron chi connectivity index (χ0n) is 3.64. The minimum atomic E-state index is 0.575. The van der Waals surface area contributed by atoms with Crippen LogP contribution in [0.1, 0.15) is 0 Å². The molecule has 1 aromatic heterocycles. The number of rotatable bonds is 0. The van der Waals surface area contributed by atoms with E-state index < -0.39 is 0 Å². The fourth-order valence-corrected chi connectivity index (χ4v) is 1.30. The van der Waals surface area contributed by atoms with Crippen LogP contribution in [0.4, 0.5) is 0 Å². The summed E-state index contributed by atoms with van der Waals surface area (Å²) in [5.41, 5.74) is 0. The molecular weight excluding hydrogens is 183 g/mol. The van der Waals surface area contributed by atoms with E-state index in [1.54, 1.807) is 6.26 Å². The molecule has 0 aliphatic rings. The van der Waals surface area contributed by atoms with Gasteiger partial charge in [-0.3, -0.25) is 0 Å². The van der Waals surface area contributed by atoms with Crippen LogP contribution in [0.25, 0.3) is 0 Å². The van der Waals surface area contributed by atoms with E-state index in [9.17, 15) is 0 Å². The van der Waals surface area contributed by atoms with E-state index in [0.717, 1.165) is 0 Å². The van der Waals surface area contributed by atoms with Gasteiger partial charge < -0.3 is 0 Å². The fourth-order valence-electron chi connectivity index (χ4n) is 0.361. The first-order valence-corrected chi connectivity index (χ1v) is 4.75. The second-order valence-corrected chi connectivity index (χ2v) is 4.04. The summed E-state index contributed by atoms with van der Waals surface area (Å²) in [6.07, 6.45) is 1.71. The predicted octanol–water partition coefficient (Wildman–Crippen LogP) is -0.730. The standard InChI is InChI=1S/C4H3O.Sn.3H/c1-2-4-5-3-1;;;;/h1-3H;;;;. The van der Waals surface area contributed by atoms with Crippen molar-refractivity contribution >= 4 is 26.3 Å². The van der Waals surface area contributed by atoms with Gasteiger partial charge >= 0.3 is 49.1 Å². The first-order valence-electron chi connectivity index (χ1n) is 1.90. The molecule has 0 N–H and O–H groups in total. The van der Waals surface area contributed by atoms with Crippen LogP contribution in [0.3, 0.4) is 0 Å². The van der Waals surface area contributed by atoms with Gasteiger partial charge in [0.2, 0.25) is 0 Å². The second-order valence-electron chi connectivity index (χ2n) is 1.22. The molecule has 0 fully saturated rings. The van der Waals surface area contributed by atoms with Gasteiger partial charge in [-0.2, -0.15) is 0 Å². The number of furan rings is 1. The van der Waals surface area contributed by atoms with Crippen LogP contribution >= 0.6 is 0 Å². The molecule has 0 radical (unpaired) electrons. The molecule has 0 bridgehead atoms. The number of hydrogen-bond acceptors (Lipinski definition) is 1. The van der Waals surface area contributed by atoms with Gasteiger partial charge in [-0.15, -0.1) is 0 Å². The summed E-state index contributed by atoms with van der Waals surface area (Å²) in [6, 6.07) is 3.93. The van der Waals surface area contributed by atoms with Crippen molar-refractivity contribution in [2.75, 3.05) is 0 Å². The third-order valence-corrected chi connectivity index (χ3v) is 2.29. The van der Waals surface area contributed by atoms with E-state index in [2.05, 4.69) is 0 Å². The van der Waals surface area contributed by atoms with Crippen molar-refractivity contribution in [3.05, 3.63) is 18.4 Å². The van der Waals surface area contributed by atoms with E-state index in [4.69, 9.17) is 4.42 Å². The van der Waals surface area contributed by atoms with E-state index in [0.29, 0.717) is 22.5 Å². The average molecular weight is 189 g/mol. The maximum atomic E-state index is 4.93. The first-order chi connectivity index (χ1) is 2.89. The molecule has 2 heteroatoms. The van der Waals surface area contributed by atoms with Crippen LogP contribution < -0.4 is 3.78 Å². The zero-order chi connectivity index (χ0) is 4.41. The van der Waals surface area contributed by atoms with Crippen molar-refractivity contribution in [3.63, 3.8) is 0 Å². The van der Waals surface area contributed by atoms with E-state index >= 15 is 0 Å². The maximum absolute atomic E-state index is 4.93. The summed E-state index contributed by atoms with van der Waals surface area (Å²) in [7, 11) is 0. The summed E-state index contributed by atoms with van der Waals surface area (Å²) in [5.74, 6) is 0. The van der Waals surface area contributed by atoms with Crippen molar-refractivity contribution in [3.8, 4) is 0 Å². The van der Waals surface area contributed by atoms with Gasteiger partial charge in [0.05, 0.1) is 0 Å². The van der Waals surface area contributed by atoms with Gasteiger partial charge in [-0.25, -0.2) is 0 Å². The monoisotopic (exact) mass is 190 g/mol. The predicted molar refractivity (Wildman–Crippen MR) is 28.3 cm³/mol. The van der Waals surface area contributed by atoms with Gasteiger partial charge in [0.15, 0.2) is 0 Å². The Kier molecular flexibility index (Phi) is 1.19. The molecular formula is C4H6OSn. The second kappa shape index (κ2) is 1.69. The summed E-state index contributed by atoms with van der Waals surface area (Å²) in [6.45, 7) is 0. The van der Waals surface area contributed by atoms with E-state index in [1.807, 2.05) is 12.1 Å². The SMILES string of the molecule is [SnH3][c]1ccco1. The molecule has 6 heavy (non-hydrogen) atoms. The Morgan fingerprint density at radius 1 is 1.67 bits per heavy atom. The van der Waals surface area contributed by atoms with Gasteiger partial charge in [-0.1, -0.05) is 0 Å². The third kappa shape index (κ3) is 0.772. The van der Waals surface area contributed by atoms with Crippen LogP contribution in [0.5, 0.6) is 0 Å². The summed E-state index contributed by atoms with van der Waals surface area (Å²) in [4.78, 5) is 0. The quantitative estimate of drug-likeness (QED) is 0.490. The van der Waals surface area contributed by atoms with Gasteiger partial charge in [0.25, 0.3) is 0 Å². The van der Waals surface area contributed by atoms with Crippen molar-refractivity contribution in [2.24, 2.45) is 0 Å². The molecule has 0 saturated carbocycles. The zero-order valence-corrected chi connectivity index (χ0v) is 9.35. The van der Waals surface area contributed by atoms with Gasteiger partial charge in [0.1, 0.15) is 0 Å². The molecule has 0 atom stereocenters. The van der Waals surface area contributed by atoms with Crippen molar-refractivity contribution in [1.29, 1.82) is 0 Å². The van der Waals surface area contributed by atoms with Crippen LogP contribution in [-0.2, 0) is 0 Å². The van der Waals surface area contributed by atoms with Crippen molar-refractivity contribution in [2.45, 2.75) is 0 Å². The molecule has 1 aromatic rings. The molecule has 1 nitrogen and oxygen atoms in total. The topological polar surface area (TPSA) is 13.1 Å². The van der Waals surface area contributed by atoms with Crippen LogP contribution in [0, 0.1) is 0 Å². The Labute approximate surface area is 49.4 Å². The van der Waals surface area contributed by atoms with Gasteiger partial charge in [-0.05, 0) is 0 Å². The molecule has 0 aliphatic heterocycles. The Hall–Kier alpha value is 0.0787. The fraction of sp³-hybridized carbons (Fsp3) is 0. The molecule has 1 rings (SSSR count). The summed E-state index contributed by atoms with van der Waals surface area (Å²) >= 11 is 0.575. The molecule has 0 aromatic carbocycles. The van der Waals surface area contributed by atoms with Crippen LogP contribution in [-0.4, -0.2) is 22.5 Å². The third-order valence-electron chi connectivity index (χ3n) is 0.663. The molecule has 0 aliphatic carbocycles. The molecule has 32 valence electrons. The average Bonchev–Trinajstić information content (AvgIpc) is 1.86. The summed E-state index contributed by atoms with van der Waals surface area (Å²) < 4.78 is 6.10. The molecule has 1 heterocycles. The van der Waals surface area contributed by atoms with Gasteiger partial charge in [0, 0.05) is 0 Å². The minimum absolute atomic E-state index is 0.575. The normalized spacial score (nSPS) is 9.33. The van der Waals surface area contributed by atoms with Crippen LogP contribution in [0.2, 0.25) is 0 Å². The van der Waals surface area contributed by atoms with Crippen molar-refractivity contribution < 1.29 is 4.42 Å². The molecule has 0 spiro atoms. The Balaban J connectivity index is 3.05. The molecule has 0 unspecified atom stereocenters. The first kappa shape index (κ1) is 4.24. The molecule has 0 amide bonds. The Morgan fingerprint density at radius 2 is 2.50 bits per heavy atom. The summed E-state index contributed by atoms with van der Waals surface area (Å²) in [5, 5.41) is 0. The number of hydrogen-bond donors (Lipinski definition) is 0. The van der Waals surface area contributed by atoms with Crippen LogP contribution in [0.15, 0.2) is 22.8 Å². The Bertz CT molecular complexity index is 111. The molecule has 0 saturated heterocycles. The van der Waals surface area contributed by atoms with Crippen molar-refractivity contribution in [1.82, 2.24) is 0 Å². The van der Waals surface area contributed by atoms with E-state index in [1.165, 1.54) is 3.78 Å². The van der Waals surface area contributed by atoms with E-state index in [-0.39, 0.29) is 0 Å².